The minimum absolute atomic E-state index is 0.465. The van der Waals surface area contributed by atoms with E-state index in [1.54, 1.807) is 11.8 Å². The zero-order chi connectivity index (χ0) is 12.7. The number of thioether (sulfide) groups is 1. The molecule has 0 bridgehead atoms. The number of aromatic nitrogens is 3. The van der Waals surface area contributed by atoms with Gasteiger partial charge in [0.1, 0.15) is 0 Å². The fourth-order valence-electron chi connectivity index (χ4n) is 2.54. The molecule has 0 saturated carbocycles. The first-order chi connectivity index (χ1) is 8.70. The zero-order valence-corrected chi connectivity index (χ0v) is 11.8. The molecule has 2 aromatic heterocycles. The topological polar surface area (TPSA) is 30.7 Å². The lowest BCUT2D eigenvalue weighted by Crippen LogP contribution is -2.11. The maximum Gasteiger partial charge on any atom is 0.187 e. The van der Waals surface area contributed by atoms with Crippen molar-refractivity contribution >= 4 is 11.8 Å². The van der Waals surface area contributed by atoms with E-state index in [2.05, 4.69) is 35.7 Å². The van der Waals surface area contributed by atoms with Crippen LogP contribution in [0.1, 0.15) is 31.0 Å². The van der Waals surface area contributed by atoms with Gasteiger partial charge in [0.05, 0.1) is 11.4 Å². The monoisotopic (exact) mass is 259 g/mol. The third kappa shape index (κ3) is 1.75. The molecule has 0 spiro atoms. The van der Waals surface area contributed by atoms with Crippen molar-refractivity contribution in [2.75, 3.05) is 6.26 Å². The van der Waals surface area contributed by atoms with E-state index in [0.717, 1.165) is 23.7 Å². The molecule has 0 radical (unpaired) electrons. The molecule has 1 aliphatic rings. The molecule has 0 unspecified atom stereocenters. The van der Waals surface area contributed by atoms with E-state index < -0.39 is 0 Å². The van der Waals surface area contributed by atoms with Gasteiger partial charge in [-0.1, -0.05) is 11.8 Å². The lowest BCUT2D eigenvalue weighted by Gasteiger charge is -2.20. The summed E-state index contributed by atoms with van der Waals surface area (Å²) in [4.78, 5) is 9.10. The van der Waals surface area contributed by atoms with Crippen molar-refractivity contribution in [1.29, 1.82) is 0 Å². The Kier molecular flexibility index (Phi) is 2.90. The minimum atomic E-state index is 0.465. The summed E-state index contributed by atoms with van der Waals surface area (Å²) in [7, 11) is 0. The first-order valence-electron chi connectivity index (χ1n) is 6.30. The van der Waals surface area contributed by atoms with E-state index in [9.17, 15) is 0 Å². The molecule has 0 atom stereocenters. The fraction of sp³-hybridized carbons (Fsp3) is 0.429. The quantitative estimate of drug-likeness (QED) is 0.612. The Hall–Kier alpha value is -1.29. The summed E-state index contributed by atoms with van der Waals surface area (Å²) >= 11 is 1.60. The van der Waals surface area contributed by atoms with Crippen molar-refractivity contribution in [3.8, 4) is 11.4 Å². The van der Waals surface area contributed by atoms with Crippen molar-refractivity contribution in [1.82, 2.24) is 14.5 Å². The van der Waals surface area contributed by atoms with Crippen LogP contribution >= 0.6 is 11.8 Å². The molecule has 1 aliphatic carbocycles. The van der Waals surface area contributed by atoms with Crippen LogP contribution in [0.5, 0.6) is 0 Å². The van der Waals surface area contributed by atoms with Gasteiger partial charge in [0, 0.05) is 18.4 Å². The molecule has 4 heteroatoms. The lowest BCUT2D eigenvalue weighted by atomic mass is 9.95. The van der Waals surface area contributed by atoms with E-state index in [1.807, 2.05) is 12.5 Å². The predicted molar refractivity (Wildman–Crippen MR) is 75.0 cm³/mol. The molecule has 0 fully saturated rings. The maximum absolute atomic E-state index is 4.72. The van der Waals surface area contributed by atoms with Crippen molar-refractivity contribution in [3.05, 3.63) is 29.6 Å². The first kappa shape index (κ1) is 11.8. The second kappa shape index (κ2) is 4.43. The van der Waals surface area contributed by atoms with Crippen LogP contribution in [-0.4, -0.2) is 20.8 Å². The highest BCUT2D eigenvalue weighted by Crippen LogP contribution is 2.34. The van der Waals surface area contributed by atoms with Crippen LogP contribution in [-0.2, 0) is 12.8 Å². The molecular formula is C14H17N3S. The Morgan fingerprint density at radius 3 is 2.78 bits per heavy atom. The van der Waals surface area contributed by atoms with Crippen molar-refractivity contribution < 1.29 is 0 Å². The third-order valence-electron chi connectivity index (χ3n) is 3.47. The predicted octanol–water partition coefficient (Wildman–Crippen LogP) is 3.35. The Morgan fingerprint density at radius 2 is 2.06 bits per heavy atom. The van der Waals surface area contributed by atoms with E-state index >= 15 is 0 Å². The summed E-state index contributed by atoms with van der Waals surface area (Å²) < 4.78 is 2.32. The molecule has 0 saturated heterocycles. The average molecular weight is 259 g/mol. The molecule has 3 rings (SSSR count). The Bertz CT molecular complexity index is 587. The molecular weight excluding hydrogens is 242 g/mol. The zero-order valence-electron chi connectivity index (χ0n) is 11.0. The molecule has 2 aromatic rings. The SMILES string of the molecule is CSc1ncc2c(n1)-c1c(ccn1C(C)C)CC2. The first-order valence-corrected chi connectivity index (χ1v) is 7.53. The molecule has 0 aliphatic heterocycles. The number of fused-ring (bicyclic) bond motifs is 3. The number of hydrogen-bond donors (Lipinski definition) is 0. The molecule has 2 heterocycles. The largest absolute Gasteiger partial charge is 0.343 e. The standard InChI is InChI=1S/C14H17N3S/c1-9(2)17-7-6-10-4-5-11-8-15-14(18-3)16-12(11)13(10)17/h6-9H,4-5H2,1-3H3. The van der Waals surface area contributed by atoms with Crippen LogP contribution in [0.15, 0.2) is 23.6 Å². The van der Waals surface area contributed by atoms with Gasteiger partial charge in [0.15, 0.2) is 5.16 Å². The summed E-state index contributed by atoms with van der Waals surface area (Å²) in [5.41, 5.74) is 5.13. The average Bonchev–Trinajstić information content (AvgIpc) is 2.82. The molecule has 0 aromatic carbocycles. The Morgan fingerprint density at radius 1 is 1.28 bits per heavy atom. The van der Waals surface area contributed by atoms with Gasteiger partial charge in [0.25, 0.3) is 0 Å². The van der Waals surface area contributed by atoms with Gasteiger partial charge < -0.3 is 4.57 Å². The summed E-state index contributed by atoms with van der Waals surface area (Å²) in [6, 6.07) is 2.70. The second-order valence-electron chi connectivity index (χ2n) is 4.92. The van der Waals surface area contributed by atoms with Crippen molar-refractivity contribution in [2.24, 2.45) is 0 Å². The van der Waals surface area contributed by atoms with Gasteiger partial charge in [-0.2, -0.15) is 0 Å². The summed E-state index contributed by atoms with van der Waals surface area (Å²) in [6.07, 6.45) is 8.36. The second-order valence-corrected chi connectivity index (χ2v) is 5.69. The van der Waals surface area contributed by atoms with Gasteiger partial charge >= 0.3 is 0 Å². The van der Waals surface area contributed by atoms with E-state index in [-0.39, 0.29) is 0 Å². The van der Waals surface area contributed by atoms with Gasteiger partial charge in [-0.25, -0.2) is 9.97 Å². The number of rotatable bonds is 2. The highest BCUT2D eigenvalue weighted by molar-refractivity contribution is 7.98. The third-order valence-corrected chi connectivity index (χ3v) is 4.03. The Balaban J connectivity index is 2.22. The summed E-state index contributed by atoms with van der Waals surface area (Å²) in [6.45, 7) is 4.43. The van der Waals surface area contributed by atoms with E-state index in [0.29, 0.717) is 6.04 Å². The Labute approximate surface area is 112 Å². The lowest BCUT2D eigenvalue weighted by molar-refractivity contribution is 0.604. The maximum atomic E-state index is 4.72. The molecule has 18 heavy (non-hydrogen) atoms. The minimum Gasteiger partial charge on any atom is -0.343 e. The van der Waals surface area contributed by atoms with Crippen LogP contribution in [0.25, 0.3) is 11.4 Å². The van der Waals surface area contributed by atoms with Gasteiger partial charge in [-0.15, -0.1) is 0 Å². The number of nitrogens with zero attached hydrogens (tertiary/aromatic N) is 3. The van der Waals surface area contributed by atoms with Crippen molar-refractivity contribution in [2.45, 2.75) is 37.9 Å². The molecule has 0 amide bonds. The fourth-order valence-corrected chi connectivity index (χ4v) is 2.88. The van der Waals surface area contributed by atoms with E-state index in [1.165, 1.54) is 16.8 Å². The van der Waals surface area contributed by atoms with Gasteiger partial charge in [0.2, 0.25) is 0 Å². The smallest absolute Gasteiger partial charge is 0.187 e. The highest BCUT2D eigenvalue weighted by Gasteiger charge is 2.22. The van der Waals surface area contributed by atoms with Crippen LogP contribution in [0, 0.1) is 0 Å². The van der Waals surface area contributed by atoms with Crippen LogP contribution < -0.4 is 0 Å². The van der Waals surface area contributed by atoms with Crippen LogP contribution in [0.2, 0.25) is 0 Å². The van der Waals surface area contributed by atoms with Crippen molar-refractivity contribution in [3.63, 3.8) is 0 Å². The normalized spacial score (nSPS) is 13.6. The van der Waals surface area contributed by atoms with Gasteiger partial charge in [-0.05, 0) is 50.1 Å². The van der Waals surface area contributed by atoms with Gasteiger partial charge in [-0.3, -0.25) is 0 Å². The molecule has 0 N–H and O–H groups in total. The molecule has 3 nitrogen and oxygen atoms in total. The summed E-state index contributed by atoms with van der Waals surface area (Å²) in [5, 5.41) is 0.859. The molecule has 94 valence electrons. The van der Waals surface area contributed by atoms with E-state index in [4.69, 9.17) is 4.98 Å². The summed E-state index contributed by atoms with van der Waals surface area (Å²) in [5.74, 6) is 0. The van der Waals surface area contributed by atoms with Crippen LogP contribution in [0.4, 0.5) is 0 Å². The number of hydrogen-bond acceptors (Lipinski definition) is 3. The number of aryl methyl sites for hydroxylation is 2. The van der Waals surface area contributed by atoms with Crippen LogP contribution in [0.3, 0.4) is 0 Å². The highest BCUT2D eigenvalue weighted by atomic mass is 32.2.